The van der Waals surface area contributed by atoms with Crippen LogP contribution in [0, 0.1) is 5.82 Å². The average molecular weight is 418 g/mol. The Bertz CT molecular complexity index is 1450. The van der Waals surface area contributed by atoms with Gasteiger partial charge in [0.15, 0.2) is 11.2 Å². The highest BCUT2D eigenvalue weighted by molar-refractivity contribution is 6.02. The predicted octanol–water partition coefficient (Wildman–Crippen LogP) is 2.00. The van der Waals surface area contributed by atoms with Crippen molar-refractivity contribution >= 4 is 22.8 Å². The molecule has 156 valence electrons. The lowest BCUT2D eigenvalue weighted by molar-refractivity contribution is 0.627. The normalized spacial score (nSPS) is 13.4. The fourth-order valence-corrected chi connectivity index (χ4v) is 3.81. The lowest BCUT2D eigenvalue weighted by Crippen LogP contribution is -2.38. The third kappa shape index (κ3) is 3.05. The van der Waals surface area contributed by atoms with Gasteiger partial charge in [0.2, 0.25) is 5.95 Å². The van der Waals surface area contributed by atoms with E-state index < -0.39 is 11.2 Å². The minimum absolute atomic E-state index is 0.274. The van der Waals surface area contributed by atoms with E-state index in [-0.39, 0.29) is 12.4 Å². The van der Waals surface area contributed by atoms with Gasteiger partial charge in [-0.2, -0.15) is 10.1 Å². The summed E-state index contributed by atoms with van der Waals surface area (Å²) in [6.07, 6.45) is 0. The lowest BCUT2D eigenvalue weighted by atomic mass is 10.1. The molecular formula is C22H19FN6O2. The zero-order valence-corrected chi connectivity index (χ0v) is 17.0. The number of imidazole rings is 1. The van der Waals surface area contributed by atoms with Crippen molar-refractivity contribution in [3.63, 3.8) is 0 Å². The summed E-state index contributed by atoms with van der Waals surface area (Å²) in [7, 11) is 3.04. The van der Waals surface area contributed by atoms with Crippen LogP contribution in [0.4, 0.5) is 10.3 Å². The van der Waals surface area contributed by atoms with Gasteiger partial charge in [0, 0.05) is 14.1 Å². The van der Waals surface area contributed by atoms with E-state index in [9.17, 15) is 14.0 Å². The van der Waals surface area contributed by atoms with E-state index in [2.05, 4.69) is 4.98 Å². The van der Waals surface area contributed by atoms with Gasteiger partial charge in [-0.3, -0.25) is 18.5 Å². The van der Waals surface area contributed by atoms with Crippen molar-refractivity contribution in [2.24, 2.45) is 19.2 Å². The SMILES string of the molecule is Cn1c(=O)c2c(nc3n2CC(c2ccc(F)cc2)=NN3Cc2ccccc2)n(C)c1=O. The Kier molecular flexibility index (Phi) is 4.32. The Hall–Kier alpha value is -4.01. The van der Waals surface area contributed by atoms with Crippen molar-refractivity contribution in [3.05, 3.63) is 92.4 Å². The lowest BCUT2D eigenvalue weighted by Gasteiger charge is -2.26. The zero-order chi connectivity index (χ0) is 21.7. The molecule has 2 aromatic carbocycles. The predicted molar refractivity (Wildman–Crippen MR) is 116 cm³/mol. The average Bonchev–Trinajstić information content (AvgIpc) is 3.17. The molecule has 3 heterocycles. The quantitative estimate of drug-likeness (QED) is 0.510. The van der Waals surface area contributed by atoms with Crippen molar-refractivity contribution in [3.8, 4) is 0 Å². The Morgan fingerprint density at radius 2 is 1.68 bits per heavy atom. The third-order valence-electron chi connectivity index (χ3n) is 5.46. The van der Waals surface area contributed by atoms with Gasteiger partial charge in [0.25, 0.3) is 5.56 Å². The highest BCUT2D eigenvalue weighted by Gasteiger charge is 2.27. The van der Waals surface area contributed by atoms with Crippen molar-refractivity contribution in [1.82, 2.24) is 18.7 Å². The van der Waals surface area contributed by atoms with Crippen LogP contribution in [-0.4, -0.2) is 24.4 Å². The van der Waals surface area contributed by atoms with Crippen LogP contribution < -0.4 is 16.3 Å². The molecule has 9 heteroatoms. The van der Waals surface area contributed by atoms with Gasteiger partial charge in [-0.15, -0.1) is 0 Å². The molecule has 0 saturated heterocycles. The molecule has 31 heavy (non-hydrogen) atoms. The van der Waals surface area contributed by atoms with Crippen LogP contribution in [-0.2, 0) is 27.2 Å². The van der Waals surface area contributed by atoms with Crippen LogP contribution in [0.15, 0.2) is 69.3 Å². The largest absolute Gasteiger partial charge is 0.332 e. The number of fused-ring (bicyclic) bond motifs is 3. The molecule has 0 atom stereocenters. The molecule has 4 aromatic rings. The van der Waals surface area contributed by atoms with E-state index in [1.54, 1.807) is 28.8 Å². The summed E-state index contributed by atoms with van der Waals surface area (Å²) in [4.78, 5) is 30.0. The molecule has 0 amide bonds. The summed E-state index contributed by atoms with van der Waals surface area (Å²) in [5.74, 6) is 0.141. The molecule has 0 radical (unpaired) electrons. The minimum atomic E-state index is -0.442. The summed E-state index contributed by atoms with van der Waals surface area (Å²) in [5.41, 5.74) is 2.18. The second-order valence-corrected chi connectivity index (χ2v) is 7.47. The Labute approximate surface area is 176 Å². The van der Waals surface area contributed by atoms with Crippen LogP contribution in [0.2, 0.25) is 0 Å². The van der Waals surface area contributed by atoms with Crippen LogP contribution in [0.5, 0.6) is 0 Å². The first kappa shape index (κ1) is 19.0. The number of hydrogen-bond donors (Lipinski definition) is 0. The van der Waals surface area contributed by atoms with Crippen molar-refractivity contribution in [2.45, 2.75) is 13.1 Å². The topological polar surface area (TPSA) is 77.4 Å². The Balaban J connectivity index is 1.73. The van der Waals surface area contributed by atoms with Crippen molar-refractivity contribution < 1.29 is 4.39 Å². The van der Waals surface area contributed by atoms with E-state index in [0.717, 1.165) is 15.7 Å². The highest BCUT2D eigenvalue weighted by Crippen LogP contribution is 2.26. The van der Waals surface area contributed by atoms with Crippen LogP contribution >= 0.6 is 0 Å². The van der Waals surface area contributed by atoms with E-state index in [1.165, 1.54) is 23.7 Å². The molecule has 0 bridgehead atoms. The first-order chi connectivity index (χ1) is 14.9. The fourth-order valence-electron chi connectivity index (χ4n) is 3.81. The molecule has 0 fully saturated rings. The number of nitrogens with zero attached hydrogens (tertiary/aromatic N) is 6. The fraction of sp³-hybridized carbons (Fsp3) is 0.182. The first-order valence-corrected chi connectivity index (χ1v) is 9.75. The molecule has 0 unspecified atom stereocenters. The molecule has 2 aromatic heterocycles. The number of aryl methyl sites for hydroxylation is 1. The van der Waals surface area contributed by atoms with E-state index in [0.29, 0.717) is 29.4 Å². The first-order valence-electron chi connectivity index (χ1n) is 9.75. The molecule has 1 aliphatic heterocycles. The van der Waals surface area contributed by atoms with E-state index in [4.69, 9.17) is 5.10 Å². The van der Waals surface area contributed by atoms with Gasteiger partial charge < -0.3 is 0 Å². The number of benzene rings is 2. The summed E-state index contributed by atoms with van der Waals surface area (Å²) in [6, 6.07) is 15.8. The Morgan fingerprint density at radius 1 is 0.968 bits per heavy atom. The smallest absolute Gasteiger partial charge is 0.297 e. The van der Waals surface area contributed by atoms with Crippen LogP contribution in [0.3, 0.4) is 0 Å². The molecule has 5 rings (SSSR count). The molecule has 0 aliphatic carbocycles. The molecule has 0 N–H and O–H groups in total. The summed E-state index contributed by atoms with van der Waals surface area (Å²) >= 11 is 0. The third-order valence-corrected chi connectivity index (χ3v) is 5.46. The number of halogens is 1. The number of hydrazone groups is 1. The molecular weight excluding hydrogens is 399 g/mol. The molecule has 1 aliphatic rings. The summed E-state index contributed by atoms with van der Waals surface area (Å²) in [5, 5.41) is 6.48. The number of rotatable bonds is 3. The second-order valence-electron chi connectivity index (χ2n) is 7.47. The van der Waals surface area contributed by atoms with Crippen LogP contribution in [0.25, 0.3) is 11.2 Å². The summed E-state index contributed by atoms with van der Waals surface area (Å²) in [6.45, 7) is 0.694. The van der Waals surface area contributed by atoms with Crippen molar-refractivity contribution in [1.29, 1.82) is 0 Å². The van der Waals surface area contributed by atoms with E-state index >= 15 is 0 Å². The minimum Gasteiger partial charge on any atom is -0.297 e. The number of hydrogen-bond acceptors (Lipinski definition) is 5. The van der Waals surface area contributed by atoms with Crippen LogP contribution in [0.1, 0.15) is 11.1 Å². The standard InChI is InChI=1S/C22H19FN6O2/c1-26-19-18(20(30)27(2)22(26)31)28-13-17(15-8-10-16(23)11-9-15)25-29(21(28)24-19)12-14-6-4-3-5-7-14/h3-11H,12-13H2,1-2H3. The molecule has 8 nitrogen and oxygen atoms in total. The maximum Gasteiger partial charge on any atom is 0.332 e. The van der Waals surface area contributed by atoms with Gasteiger partial charge in [-0.1, -0.05) is 42.5 Å². The maximum atomic E-state index is 13.5. The Morgan fingerprint density at radius 3 is 2.39 bits per heavy atom. The van der Waals surface area contributed by atoms with Gasteiger partial charge in [-0.25, -0.2) is 14.2 Å². The van der Waals surface area contributed by atoms with E-state index in [1.807, 2.05) is 30.3 Å². The highest BCUT2D eigenvalue weighted by atomic mass is 19.1. The monoisotopic (exact) mass is 418 g/mol. The molecule has 0 saturated carbocycles. The second kappa shape index (κ2) is 7.05. The number of anilines is 1. The van der Waals surface area contributed by atoms with Gasteiger partial charge >= 0.3 is 5.69 Å². The molecule has 0 spiro atoms. The maximum absolute atomic E-state index is 13.5. The van der Waals surface area contributed by atoms with Crippen molar-refractivity contribution in [2.75, 3.05) is 5.01 Å². The van der Waals surface area contributed by atoms with Gasteiger partial charge in [0.1, 0.15) is 5.82 Å². The zero-order valence-electron chi connectivity index (χ0n) is 17.0. The van der Waals surface area contributed by atoms with Gasteiger partial charge in [-0.05, 0) is 23.3 Å². The number of aromatic nitrogens is 4. The summed E-state index contributed by atoms with van der Waals surface area (Å²) < 4.78 is 17.7. The van der Waals surface area contributed by atoms with Gasteiger partial charge in [0.05, 0.1) is 18.8 Å².